The lowest BCUT2D eigenvalue weighted by atomic mass is 10.1. The highest BCUT2D eigenvalue weighted by molar-refractivity contribution is 7.80. The van der Waals surface area contributed by atoms with Gasteiger partial charge in [0.1, 0.15) is 22.9 Å². The molecule has 0 spiro atoms. The van der Waals surface area contributed by atoms with Crippen LogP contribution in [0.2, 0.25) is 5.02 Å². The maximum Gasteiger partial charge on any atom is 0.270 e. The molecule has 2 aromatic carbocycles. The largest absolute Gasteiger partial charge is 0.457 e. The van der Waals surface area contributed by atoms with Crippen LogP contribution < -0.4 is 10.2 Å². The molecule has 5 nitrogen and oxygen atoms in total. The van der Waals surface area contributed by atoms with E-state index in [1.807, 2.05) is 0 Å². The summed E-state index contributed by atoms with van der Waals surface area (Å²) in [5.74, 6) is -0.958. The fourth-order valence-electron chi connectivity index (χ4n) is 3.08. The van der Waals surface area contributed by atoms with Gasteiger partial charge in [-0.15, -0.1) is 0 Å². The van der Waals surface area contributed by atoms with E-state index in [0.717, 1.165) is 0 Å². The van der Waals surface area contributed by atoms with Crippen molar-refractivity contribution >= 4 is 52.5 Å². The van der Waals surface area contributed by atoms with Crippen LogP contribution in [0.4, 0.5) is 10.1 Å². The van der Waals surface area contributed by atoms with Gasteiger partial charge < -0.3 is 4.42 Å². The normalized spacial score (nSPS) is 15.6. The number of halogens is 2. The molecule has 0 radical (unpaired) electrons. The number of thiocarbonyl (C=S) groups is 1. The van der Waals surface area contributed by atoms with E-state index in [9.17, 15) is 14.0 Å². The van der Waals surface area contributed by atoms with Gasteiger partial charge in [-0.1, -0.05) is 29.8 Å². The van der Waals surface area contributed by atoms with E-state index in [2.05, 4.69) is 5.32 Å². The Balaban J connectivity index is 1.71. The highest BCUT2D eigenvalue weighted by atomic mass is 35.5. The van der Waals surface area contributed by atoms with Gasteiger partial charge in [0.2, 0.25) is 0 Å². The number of hydrogen-bond acceptors (Lipinski definition) is 4. The summed E-state index contributed by atoms with van der Waals surface area (Å²) in [7, 11) is 0. The molecule has 0 unspecified atom stereocenters. The molecule has 0 bridgehead atoms. The Morgan fingerprint density at radius 2 is 1.90 bits per heavy atom. The molecule has 2 amide bonds. The number of amides is 2. The van der Waals surface area contributed by atoms with Crippen molar-refractivity contribution in [1.29, 1.82) is 0 Å². The maximum atomic E-state index is 13.5. The first kappa shape index (κ1) is 20.0. The van der Waals surface area contributed by atoms with Crippen molar-refractivity contribution in [3.05, 3.63) is 82.3 Å². The predicted molar refractivity (Wildman–Crippen MR) is 116 cm³/mol. The van der Waals surface area contributed by atoms with Gasteiger partial charge in [0.15, 0.2) is 5.11 Å². The molecule has 3 aromatic rings. The first-order valence-electron chi connectivity index (χ1n) is 8.87. The summed E-state index contributed by atoms with van der Waals surface area (Å²) in [5.41, 5.74) is 1.51. The van der Waals surface area contributed by atoms with Crippen LogP contribution >= 0.6 is 23.8 Å². The zero-order valence-electron chi connectivity index (χ0n) is 15.6. The molecule has 1 fully saturated rings. The third kappa shape index (κ3) is 3.65. The molecule has 1 aliphatic rings. The monoisotopic (exact) mass is 440 g/mol. The Kier molecular flexibility index (Phi) is 5.24. The number of carbonyl (C=O) groups is 2. The number of hydrogen-bond donors (Lipinski definition) is 1. The summed E-state index contributed by atoms with van der Waals surface area (Å²) < 4.78 is 19.1. The third-order valence-corrected chi connectivity index (χ3v) is 5.30. The average molecular weight is 441 g/mol. The first-order valence-corrected chi connectivity index (χ1v) is 9.66. The van der Waals surface area contributed by atoms with Crippen molar-refractivity contribution in [2.24, 2.45) is 0 Å². The minimum absolute atomic E-state index is 0.0348. The molecular weight excluding hydrogens is 427 g/mol. The summed E-state index contributed by atoms with van der Waals surface area (Å²) in [6.45, 7) is 1.76. The zero-order chi connectivity index (χ0) is 21.4. The molecule has 1 saturated heterocycles. The molecule has 150 valence electrons. The van der Waals surface area contributed by atoms with Gasteiger partial charge in [-0.3, -0.25) is 19.8 Å². The third-order valence-electron chi connectivity index (χ3n) is 4.60. The number of anilines is 1. The lowest BCUT2D eigenvalue weighted by molar-refractivity contribution is -0.122. The van der Waals surface area contributed by atoms with Crippen molar-refractivity contribution in [3.8, 4) is 11.3 Å². The number of nitrogens with one attached hydrogen (secondary N) is 1. The molecule has 1 aromatic heterocycles. The molecule has 0 atom stereocenters. The van der Waals surface area contributed by atoms with E-state index in [1.165, 1.54) is 23.1 Å². The summed E-state index contributed by atoms with van der Waals surface area (Å²) in [5, 5.41) is 2.95. The van der Waals surface area contributed by atoms with E-state index in [4.69, 9.17) is 28.2 Å². The SMILES string of the molecule is Cc1c(Cl)cccc1N1C(=O)/C(=C/c2ccc(-c3cccc(F)c3)o2)C(=O)NC1=S. The van der Waals surface area contributed by atoms with Crippen LogP contribution in [0.25, 0.3) is 17.4 Å². The van der Waals surface area contributed by atoms with Crippen molar-refractivity contribution in [2.75, 3.05) is 4.90 Å². The van der Waals surface area contributed by atoms with Gasteiger partial charge in [-0.25, -0.2) is 4.39 Å². The lowest BCUT2D eigenvalue weighted by Gasteiger charge is -2.30. The summed E-state index contributed by atoms with van der Waals surface area (Å²) in [6, 6.07) is 14.2. The predicted octanol–water partition coefficient (Wildman–Crippen LogP) is 4.88. The van der Waals surface area contributed by atoms with Gasteiger partial charge in [0.25, 0.3) is 11.8 Å². The van der Waals surface area contributed by atoms with Crippen LogP contribution in [-0.4, -0.2) is 16.9 Å². The number of benzene rings is 2. The fourth-order valence-corrected chi connectivity index (χ4v) is 3.53. The second-order valence-corrected chi connectivity index (χ2v) is 7.35. The summed E-state index contributed by atoms with van der Waals surface area (Å²) >= 11 is 11.4. The Hall–Kier alpha value is -3.29. The topological polar surface area (TPSA) is 62.6 Å². The molecule has 2 heterocycles. The molecule has 30 heavy (non-hydrogen) atoms. The van der Waals surface area contributed by atoms with Crippen LogP contribution in [-0.2, 0) is 9.59 Å². The highest BCUT2D eigenvalue weighted by Crippen LogP contribution is 2.30. The Morgan fingerprint density at radius 1 is 1.13 bits per heavy atom. The van der Waals surface area contributed by atoms with Gasteiger partial charge >= 0.3 is 0 Å². The summed E-state index contributed by atoms with van der Waals surface area (Å²) in [4.78, 5) is 26.8. The second kappa shape index (κ2) is 7.85. The molecule has 0 saturated carbocycles. The van der Waals surface area contributed by atoms with E-state index >= 15 is 0 Å². The van der Waals surface area contributed by atoms with Crippen molar-refractivity contribution < 1.29 is 18.4 Å². The van der Waals surface area contributed by atoms with Crippen LogP contribution in [0.3, 0.4) is 0 Å². The minimum atomic E-state index is -0.635. The number of nitrogens with zero attached hydrogens (tertiary/aromatic N) is 1. The van der Waals surface area contributed by atoms with E-state index in [1.54, 1.807) is 49.4 Å². The number of furan rings is 1. The molecule has 8 heteroatoms. The van der Waals surface area contributed by atoms with Crippen molar-refractivity contribution in [2.45, 2.75) is 6.92 Å². The van der Waals surface area contributed by atoms with E-state index in [-0.39, 0.29) is 16.4 Å². The van der Waals surface area contributed by atoms with Crippen LogP contribution in [0.15, 0.2) is 64.6 Å². The second-order valence-electron chi connectivity index (χ2n) is 6.55. The van der Waals surface area contributed by atoms with Gasteiger partial charge in [0, 0.05) is 10.6 Å². The van der Waals surface area contributed by atoms with Crippen LogP contribution in [0.5, 0.6) is 0 Å². The Morgan fingerprint density at radius 3 is 2.67 bits per heavy atom. The molecule has 1 N–H and O–H groups in total. The van der Waals surface area contributed by atoms with Crippen LogP contribution in [0.1, 0.15) is 11.3 Å². The minimum Gasteiger partial charge on any atom is -0.457 e. The number of rotatable bonds is 3. The molecule has 0 aliphatic carbocycles. The maximum absolute atomic E-state index is 13.5. The number of carbonyl (C=O) groups excluding carboxylic acids is 2. The quantitative estimate of drug-likeness (QED) is 0.358. The molecule has 1 aliphatic heterocycles. The first-order chi connectivity index (χ1) is 14.3. The fraction of sp³-hybridized carbons (Fsp3) is 0.0455. The zero-order valence-corrected chi connectivity index (χ0v) is 17.2. The van der Waals surface area contributed by atoms with Crippen molar-refractivity contribution in [3.63, 3.8) is 0 Å². The van der Waals surface area contributed by atoms with Crippen molar-refractivity contribution in [1.82, 2.24) is 5.32 Å². The Labute approximate surface area is 181 Å². The lowest BCUT2D eigenvalue weighted by Crippen LogP contribution is -2.54. The van der Waals surface area contributed by atoms with Crippen LogP contribution in [0, 0.1) is 12.7 Å². The van der Waals surface area contributed by atoms with Gasteiger partial charge in [0.05, 0.1) is 5.69 Å². The summed E-state index contributed by atoms with van der Waals surface area (Å²) in [6.07, 6.45) is 1.33. The van der Waals surface area contributed by atoms with Gasteiger partial charge in [-0.05, 0) is 67.2 Å². The molecular formula is C22H14ClFN2O3S. The van der Waals surface area contributed by atoms with E-state index < -0.39 is 17.6 Å². The average Bonchev–Trinajstić information content (AvgIpc) is 3.17. The smallest absolute Gasteiger partial charge is 0.270 e. The van der Waals surface area contributed by atoms with Gasteiger partial charge in [-0.2, -0.15) is 0 Å². The van der Waals surface area contributed by atoms with E-state index in [0.29, 0.717) is 27.6 Å². The standard InChI is InChI=1S/C22H14ClFN2O3S/c1-12-17(23)6-3-7-18(12)26-21(28)16(20(27)25-22(26)30)11-15-8-9-19(29-15)13-4-2-5-14(24)10-13/h2-11H,1H3,(H,25,27,30)/b16-11+. The molecule has 4 rings (SSSR count). The highest BCUT2D eigenvalue weighted by Gasteiger charge is 2.35. The Bertz CT molecular complexity index is 1230.